The summed E-state index contributed by atoms with van der Waals surface area (Å²) in [5.41, 5.74) is 3.04. The van der Waals surface area contributed by atoms with E-state index in [0.29, 0.717) is 0 Å². The molecule has 0 bridgehead atoms. The van der Waals surface area contributed by atoms with Crippen LogP contribution in [0.5, 0.6) is 5.75 Å². The van der Waals surface area contributed by atoms with Gasteiger partial charge in [-0.1, -0.05) is 0 Å². The number of carbonyl (C=O) groups excluding carboxylic acids is 1. The number of hydrogen-bond donors (Lipinski definition) is 3. The van der Waals surface area contributed by atoms with Gasteiger partial charge in [0.25, 0.3) is 5.91 Å². The first kappa shape index (κ1) is 17.3. The Morgan fingerprint density at radius 2 is 2.00 bits per heavy atom. The van der Waals surface area contributed by atoms with E-state index in [2.05, 4.69) is 49.5 Å². The number of thiophene rings is 1. The Labute approximate surface area is 167 Å². The van der Waals surface area contributed by atoms with E-state index in [9.17, 15) is 4.79 Å². The van der Waals surface area contributed by atoms with Crippen LogP contribution in [0.3, 0.4) is 0 Å². The number of hydrogen-bond acceptors (Lipinski definition) is 4. The lowest BCUT2D eigenvalue weighted by molar-refractivity contribution is -0.895. The molecular formula is C17H18Br2N3O2S+. The summed E-state index contributed by atoms with van der Waals surface area (Å²) in [6.45, 7) is 2.07. The van der Waals surface area contributed by atoms with Gasteiger partial charge in [-0.05, 0) is 55.1 Å². The highest BCUT2D eigenvalue weighted by Gasteiger charge is 2.34. The van der Waals surface area contributed by atoms with Crippen LogP contribution in [0.2, 0.25) is 0 Å². The van der Waals surface area contributed by atoms with Gasteiger partial charge in [0.1, 0.15) is 23.5 Å². The molecule has 1 unspecified atom stereocenters. The van der Waals surface area contributed by atoms with Crippen LogP contribution < -0.4 is 20.3 Å². The Morgan fingerprint density at radius 3 is 2.68 bits per heavy atom. The normalized spacial score (nSPS) is 21.8. The molecule has 0 fully saturated rings. The molecule has 3 N–H and O–H groups in total. The van der Waals surface area contributed by atoms with Crippen LogP contribution in [0.4, 0.5) is 5.00 Å². The van der Waals surface area contributed by atoms with Gasteiger partial charge in [-0.3, -0.25) is 4.79 Å². The molecule has 2 aromatic rings. The number of fused-ring (bicyclic) bond motifs is 3. The topological polar surface area (TPSA) is 54.8 Å². The van der Waals surface area contributed by atoms with Crippen LogP contribution >= 0.6 is 43.2 Å². The van der Waals surface area contributed by atoms with Crippen LogP contribution in [0, 0.1) is 0 Å². The van der Waals surface area contributed by atoms with E-state index in [1.54, 1.807) is 18.4 Å². The summed E-state index contributed by atoms with van der Waals surface area (Å²) < 4.78 is 7.05. The number of halogens is 2. The molecule has 0 saturated carbocycles. The molecule has 0 spiro atoms. The van der Waals surface area contributed by atoms with Crippen molar-refractivity contribution in [1.82, 2.24) is 5.32 Å². The van der Waals surface area contributed by atoms with E-state index in [1.807, 2.05) is 12.1 Å². The summed E-state index contributed by atoms with van der Waals surface area (Å²) in [6, 6.07) is 3.94. The Kier molecular flexibility index (Phi) is 4.56. The predicted octanol–water partition coefficient (Wildman–Crippen LogP) is 2.71. The molecule has 0 aliphatic carbocycles. The SMILES string of the molecule is COc1c(Br)cc([C@@H]2NC(=O)c3c(sc4c3CC[NH+](C)C4)N2)cc1Br. The Balaban J connectivity index is 1.69. The molecule has 0 radical (unpaired) electrons. The van der Waals surface area contributed by atoms with Crippen molar-refractivity contribution in [2.75, 3.05) is 26.0 Å². The Morgan fingerprint density at radius 1 is 1.28 bits per heavy atom. The number of benzene rings is 1. The number of nitrogens with one attached hydrogen (secondary N) is 3. The fourth-order valence-electron chi connectivity index (χ4n) is 3.44. The van der Waals surface area contributed by atoms with Crippen LogP contribution in [0.1, 0.15) is 32.5 Å². The van der Waals surface area contributed by atoms with E-state index in [0.717, 1.165) is 50.3 Å². The second kappa shape index (κ2) is 6.57. The van der Waals surface area contributed by atoms with Gasteiger partial charge in [0, 0.05) is 6.42 Å². The van der Waals surface area contributed by atoms with Crippen molar-refractivity contribution in [2.45, 2.75) is 19.1 Å². The van der Waals surface area contributed by atoms with Gasteiger partial charge in [-0.2, -0.15) is 0 Å². The highest BCUT2D eigenvalue weighted by molar-refractivity contribution is 9.11. The fourth-order valence-corrected chi connectivity index (χ4v) is 6.37. The zero-order valence-corrected chi connectivity index (χ0v) is 17.8. The third-order valence-corrected chi connectivity index (χ3v) is 7.03. The number of quaternary nitrogens is 1. The van der Waals surface area contributed by atoms with Gasteiger partial charge in [0.2, 0.25) is 0 Å². The van der Waals surface area contributed by atoms with Crippen molar-refractivity contribution < 1.29 is 14.4 Å². The largest absolute Gasteiger partial charge is 0.494 e. The summed E-state index contributed by atoms with van der Waals surface area (Å²) in [5, 5.41) is 7.58. The Hall–Kier alpha value is -1.09. The smallest absolute Gasteiger partial charge is 0.256 e. The molecule has 132 valence electrons. The van der Waals surface area contributed by atoms with Crippen LogP contribution in [0.25, 0.3) is 0 Å². The molecule has 2 aliphatic rings. The molecule has 0 saturated heterocycles. The predicted molar refractivity (Wildman–Crippen MR) is 106 cm³/mol. The standard InChI is InChI=1S/C17H17Br2N3O2S/c1-22-4-3-9-12(7-22)25-17-13(9)16(23)20-15(21-17)8-5-10(18)14(24-2)11(19)6-8/h5-6,15,21H,3-4,7H2,1-2H3,(H,20,23)/p+1/t15-/m1/s1. The maximum absolute atomic E-state index is 12.8. The van der Waals surface area contributed by atoms with Crippen LogP contribution in [-0.4, -0.2) is 26.6 Å². The van der Waals surface area contributed by atoms with Crippen molar-refractivity contribution in [3.05, 3.63) is 42.6 Å². The van der Waals surface area contributed by atoms with Crippen molar-refractivity contribution in [1.29, 1.82) is 0 Å². The summed E-state index contributed by atoms with van der Waals surface area (Å²) in [4.78, 5) is 15.6. The van der Waals surface area contributed by atoms with E-state index in [4.69, 9.17) is 4.74 Å². The number of rotatable bonds is 2. The molecule has 1 aromatic carbocycles. The third kappa shape index (κ3) is 2.99. The van der Waals surface area contributed by atoms with Crippen molar-refractivity contribution >= 4 is 54.1 Å². The highest BCUT2D eigenvalue weighted by Crippen LogP contribution is 2.41. The number of anilines is 1. The Bertz CT molecular complexity index is 845. The van der Waals surface area contributed by atoms with Gasteiger partial charge in [-0.25, -0.2) is 0 Å². The van der Waals surface area contributed by atoms with Gasteiger partial charge < -0.3 is 20.3 Å². The van der Waals surface area contributed by atoms with E-state index >= 15 is 0 Å². The first-order chi connectivity index (χ1) is 12.0. The molecule has 2 atom stereocenters. The van der Waals surface area contributed by atoms with Gasteiger partial charge in [0.15, 0.2) is 0 Å². The molecule has 3 heterocycles. The fraction of sp³-hybridized carbons (Fsp3) is 0.353. The van der Waals surface area contributed by atoms with Crippen molar-refractivity contribution in [3.63, 3.8) is 0 Å². The highest BCUT2D eigenvalue weighted by atomic mass is 79.9. The molecular weight excluding hydrogens is 470 g/mol. The van der Waals surface area contributed by atoms with E-state index in [-0.39, 0.29) is 12.1 Å². The maximum atomic E-state index is 12.8. The van der Waals surface area contributed by atoms with E-state index < -0.39 is 0 Å². The molecule has 1 aromatic heterocycles. The summed E-state index contributed by atoms with van der Waals surface area (Å²) in [5.74, 6) is 0.753. The quantitative estimate of drug-likeness (QED) is 0.610. The van der Waals surface area contributed by atoms with Crippen molar-refractivity contribution in [2.24, 2.45) is 0 Å². The number of likely N-dealkylation sites (N-methyl/N-ethyl adjacent to an activating group) is 1. The number of methoxy groups -OCH3 is 1. The summed E-state index contributed by atoms with van der Waals surface area (Å²) in [7, 11) is 3.83. The van der Waals surface area contributed by atoms with Crippen LogP contribution in [0.15, 0.2) is 21.1 Å². The number of ether oxygens (including phenoxy) is 1. The zero-order valence-electron chi connectivity index (χ0n) is 13.8. The molecule has 8 heteroatoms. The zero-order chi connectivity index (χ0) is 17.7. The minimum absolute atomic E-state index is 0.0128. The lowest BCUT2D eigenvalue weighted by atomic mass is 10.0. The second-order valence-electron chi connectivity index (χ2n) is 6.41. The summed E-state index contributed by atoms with van der Waals surface area (Å²) >= 11 is 8.78. The minimum Gasteiger partial charge on any atom is -0.494 e. The molecule has 4 rings (SSSR count). The van der Waals surface area contributed by atoms with Crippen LogP contribution in [-0.2, 0) is 13.0 Å². The number of amides is 1. The average Bonchev–Trinajstić information content (AvgIpc) is 2.92. The minimum atomic E-state index is -0.260. The molecule has 1 amide bonds. The summed E-state index contributed by atoms with van der Waals surface area (Å²) in [6.07, 6.45) is 0.704. The maximum Gasteiger partial charge on any atom is 0.256 e. The lowest BCUT2D eigenvalue weighted by Gasteiger charge is -2.27. The average molecular weight is 488 g/mol. The van der Waals surface area contributed by atoms with Gasteiger partial charge in [-0.15, -0.1) is 11.3 Å². The lowest BCUT2D eigenvalue weighted by Crippen LogP contribution is -3.08. The monoisotopic (exact) mass is 486 g/mol. The second-order valence-corrected chi connectivity index (χ2v) is 9.22. The third-order valence-electron chi connectivity index (χ3n) is 4.69. The van der Waals surface area contributed by atoms with Gasteiger partial charge >= 0.3 is 0 Å². The van der Waals surface area contributed by atoms with E-state index in [1.165, 1.54) is 15.3 Å². The first-order valence-electron chi connectivity index (χ1n) is 8.04. The molecule has 5 nitrogen and oxygen atoms in total. The number of carbonyl (C=O) groups is 1. The van der Waals surface area contributed by atoms with Crippen molar-refractivity contribution in [3.8, 4) is 5.75 Å². The molecule has 25 heavy (non-hydrogen) atoms. The van der Waals surface area contributed by atoms with Gasteiger partial charge in [0.05, 0.1) is 40.1 Å². The molecule has 2 aliphatic heterocycles. The first-order valence-corrected chi connectivity index (χ1v) is 10.4.